The zero-order chi connectivity index (χ0) is 14.6. The van der Waals surface area contributed by atoms with Crippen LogP contribution in [0.25, 0.3) is 0 Å². The number of nitrogens with zero attached hydrogens (tertiary/aromatic N) is 1. The monoisotopic (exact) mass is 316 g/mol. The first kappa shape index (κ1) is 15.5. The highest BCUT2D eigenvalue weighted by Gasteiger charge is 2.17. The van der Waals surface area contributed by atoms with Crippen molar-refractivity contribution in [2.75, 3.05) is 31.1 Å². The molecule has 1 aliphatic rings. The summed E-state index contributed by atoms with van der Waals surface area (Å²) in [4.78, 5) is 15.2. The van der Waals surface area contributed by atoms with E-state index in [4.69, 9.17) is 0 Å². The van der Waals surface area contributed by atoms with Gasteiger partial charge in [0, 0.05) is 36.8 Å². The zero-order valence-corrected chi connectivity index (χ0v) is 13.2. The highest BCUT2D eigenvalue weighted by molar-refractivity contribution is 7.92. The second-order valence-corrected chi connectivity index (χ2v) is 8.28. The molecule has 0 fully saturated rings. The lowest BCUT2D eigenvalue weighted by Crippen LogP contribution is -2.39. The summed E-state index contributed by atoms with van der Waals surface area (Å²) in [5.74, 6) is -0.800. The number of hydrogen-bond donors (Lipinski definition) is 1. The van der Waals surface area contributed by atoms with E-state index in [-0.39, 0.29) is 5.75 Å². The van der Waals surface area contributed by atoms with Crippen LogP contribution in [0.3, 0.4) is 0 Å². The van der Waals surface area contributed by atoms with Gasteiger partial charge in [0.1, 0.15) is 5.75 Å². The first-order valence-electron chi connectivity index (χ1n) is 6.75. The lowest BCUT2D eigenvalue weighted by atomic mass is 10.1. The van der Waals surface area contributed by atoms with Crippen molar-refractivity contribution in [2.24, 2.45) is 0 Å². The number of thiophene rings is 1. The van der Waals surface area contributed by atoms with Gasteiger partial charge in [-0.3, -0.25) is 9.69 Å². The molecule has 0 saturated carbocycles. The van der Waals surface area contributed by atoms with Crippen molar-refractivity contribution in [1.29, 1.82) is 0 Å². The van der Waals surface area contributed by atoms with Gasteiger partial charge in [-0.2, -0.15) is 0 Å². The van der Waals surface area contributed by atoms with Gasteiger partial charge in [0.2, 0.25) is 5.91 Å². The fourth-order valence-corrected chi connectivity index (χ4v) is 3.80. The lowest BCUT2D eigenvalue weighted by Gasteiger charge is -2.26. The van der Waals surface area contributed by atoms with Crippen molar-refractivity contribution in [3.05, 3.63) is 21.9 Å². The maximum atomic E-state index is 11.5. The quantitative estimate of drug-likeness (QED) is 0.837. The Hall–Kier alpha value is -0.920. The van der Waals surface area contributed by atoms with Crippen LogP contribution in [-0.4, -0.2) is 50.4 Å². The van der Waals surface area contributed by atoms with E-state index in [1.165, 1.54) is 10.4 Å². The Labute approximate surface area is 123 Å². The standard InChI is InChI=1S/C13H20N2O3S2/c1-2-20(17,18)10-13(16)14-5-7-15-6-3-12-11(9-15)4-8-19-12/h4,8H,2-3,5-7,9-10H2,1H3,(H,14,16). The molecule has 1 aromatic rings. The molecule has 1 amide bonds. The largest absolute Gasteiger partial charge is 0.354 e. The van der Waals surface area contributed by atoms with Gasteiger partial charge in [-0.1, -0.05) is 6.92 Å². The molecule has 1 aromatic heterocycles. The van der Waals surface area contributed by atoms with Gasteiger partial charge in [-0.25, -0.2) is 8.42 Å². The SMILES string of the molecule is CCS(=O)(=O)CC(=O)NCCN1CCc2sccc2C1. The third-order valence-electron chi connectivity index (χ3n) is 3.43. The smallest absolute Gasteiger partial charge is 0.235 e. The van der Waals surface area contributed by atoms with Crippen LogP contribution in [0.5, 0.6) is 0 Å². The van der Waals surface area contributed by atoms with E-state index in [0.717, 1.165) is 26.1 Å². The van der Waals surface area contributed by atoms with Gasteiger partial charge in [-0.15, -0.1) is 11.3 Å². The van der Waals surface area contributed by atoms with Crippen LogP contribution in [0.2, 0.25) is 0 Å². The molecular formula is C13H20N2O3S2. The summed E-state index contributed by atoms with van der Waals surface area (Å²) in [5, 5.41) is 4.80. The Balaban J connectivity index is 1.71. The first-order valence-corrected chi connectivity index (χ1v) is 9.45. The number of carbonyl (C=O) groups is 1. The molecule has 5 nitrogen and oxygen atoms in total. The summed E-state index contributed by atoms with van der Waals surface area (Å²) in [6.07, 6.45) is 1.06. The number of amides is 1. The van der Waals surface area contributed by atoms with Gasteiger partial charge in [-0.05, 0) is 23.4 Å². The van der Waals surface area contributed by atoms with E-state index in [2.05, 4.69) is 21.7 Å². The molecule has 2 heterocycles. The second kappa shape index (κ2) is 6.69. The second-order valence-electron chi connectivity index (χ2n) is 4.92. The minimum absolute atomic E-state index is 0.00742. The molecular weight excluding hydrogens is 296 g/mol. The van der Waals surface area contributed by atoms with Gasteiger partial charge in [0.25, 0.3) is 0 Å². The maximum Gasteiger partial charge on any atom is 0.235 e. The van der Waals surface area contributed by atoms with Gasteiger partial charge >= 0.3 is 0 Å². The number of sulfone groups is 1. The van der Waals surface area contributed by atoms with E-state index >= 15 is 0 Å². The Morgan fingerprint density at radius 3 is 3.05 bits per heavy atom. The molecule has 0 radical (unpaired) electrons. The molecule has 1 N–H and O–H groups in total. The molecule has 1 aliphatic heterocycles. The van der Waals surface area contributed by atoms with Gasteiger partial charge < -0.3 is 5.32 Å². The van der Waals surface area contributed by atoms with Crippen molar-refractivity contribution in [3.63, 3.8) is 0 Å². The Kier molecular flexibility index (Phi) is 5.17. The van der Waals surface area contributed by atoms with E-state index in [1.54, 1.807) is 18.3 Å². The summed E-state index contributed by atoms with van der Waals surface area (Å²) >= 11 is 1.80. The Morgan fingerprint density at radius 2 is 2.30 bits per heavy atom. The fraction of sp³-hybridized carbons (Fsp3) is 0.615. The normalized spacial score (nSPS) is 15.8. The summed E-state index contributed by atoms with van der Waals surface area (Å²) < 4.78 is 22.6. The lowest BCUT2D eigenvalue weighted by molar-refractivity contribution is -0.118. The molecule has 0 aliphatic carbocycles. The van der Waals surface area contributed by atoms with Crippen LogP contribution in [-0.2, 0) is 27.6 Å². The van der Waals surface area contributed by atoms with E-state index < -0.39 is 21.5 Å². The van der Waals surface area contributed by atoms with E-state index in [9.17, 15) is 13.2 Å². The summed E-state index contributed by atoms with van der Waals surface area (Å²) in [7, 11) is -3.23. The van der Waals surface area contributed by atoms with Crippen LogP contribution in [0, 0.1) is 0 Å². The van der Waals surface area contributed by atoms with Crippen molar-refractivity contribution >= 4 is 27.1 Å². The average Bonchev–Trinajstić information content (AvgIpc) is 2.85. The third-order valence-corrected chi connectivity index (χ3v) is 6.03. The molecule has 112 valence electrons. The van der Waals surface area contributed by atoms with Gasteiger partial charge in [0.05, 0.1) is 0 Å². The van der Waals surface area contributed by atoms with Crippen molar-refractivity contribution in [2.45, 2.75) is 19.9 Å². The molecule has 0 atom stereocenters. The molecule has 0 bridgehead atoms. The Bertz CT molecular complexity index is 566. The highest BCUT2D eigenvalue weighted by atomic mass is 32.2. The van der Waals surface area contributed by atoms with Crippen LogP contribution in [0.4, 0.5) is 0 Å². The van der Waals surface area contributed by atoms with Gasteiger partial charge in [0.15, 0.2) is 9.84 Å². The molecule has 20 heavy (non-hydrogen) atoms. The van der Waals surface area contributed by atoms with Crippen LogP contribution in [0.1, 0.15) is 17.4 Å². The zero-order valence-electron chi connectivity index (χ0n) is 11.6. The van der Waals surface area contributed by atoms with Crippen molar-refractivity contribution in [3.8, 4) is 0 Å². The maximum absolute atomic E-state index is 11.5. The number of nitrogens with one attached hydrogen (secondary N) is 1. The number of fused-ring (bicyclic) bond motifs is 1. The molecule has 0 saturated heterocycles. The number of carbonyl (C=O) groups excluding carboxylic acids is 1. The fourth-order valence-electron chi connectivity index (χ4n) is 2.20. The predicted octanol–water partition coefficient (Wildman–Crippen LogP) is 0.657. The molecule has 0 aromatic carbocycles. The molecule has 0 unspecified atom stereocenters. The summed E-state index contributed by atoms with van der Waals surface area (Å²) in [6, 6.07) is 2.15. The molecule has 2 rings (SSSR count). The third kappa shape index (κ3) is 4.29. The topological polar surface area (TPSA) is 66.5 Å². The van der Waals surface area contributed by atoms with E-state index in [1.807, 2.05) is 0 Å². The highest BCUT2D eigenvalue weighted by Crippen LogP contribution is 2.23. The summed E-state index contributed by atoms with van der Waals surface area (Å²) in [5.41, 5.74) is 1.38. The van der Waals surface area contributed by atoms with Crippen LogP contribution in [0.15, 0.2) is 11.4 Å². The molecule has 7 heteroatoms. The number of hydrogen-bond acceptors (Lipinski definition) is 5. The molecule has 0 spiro atoms. The Morgan fingerprint density at radius 1 is 1.50 bits per heavy atom. The average molecular weight is 316 g/mol. The van der Waals surface area contributed by atoms with Crippen molar-refractivity contribution in [1.82, 2.24) is 10.2 Å². The predicted molar refractivity (Wildman–Crippen MR) is 80.6 cm³/mol. The number of rotatable bonds is 6. The van der Waals surface area contributed by atoms with Crippen LogP contribution >= 0.6 is 11.3 Å². The van der Waals surface area contributed by atoms with Crippen molar-refractivity contribution < 1.29 is 13.2 Å². The first-order chi connectivity index (χ1) is 9.50. The van der Waals surface area contributed by atoms with E-state index in [0.29, 0.717) is 6.54 Å². The van der Waals surface area contributed by atoms with Crippen LogP contribution < -0.4 is 5.32 Å². The minimum Gasteiger partial charge on any atom is -0.354 e. The summed E-state index contributed by atoms with van der Waals surface area (Å²) in [6.45, 7) is 4.72. The minimum atomic E-state index is -3.23.